The van der Waals surface area contributed by atoms with Gasteiger partial charge in [0.1, 0.15) is 5.75 Å². The minimum Gasteiger partial charge on any atom is -0.493 e. The number of rotatable bonds is 4. The Kier molecular flexibility index (Phi) is 5.27. The van der Waals surface area contributed by atoms with Crippen LogP contribution in [0.15, 0.2) is 55.0 Å². The highest BCUT2D eigenvalue weighted by atomic mass is 19.4. The SMILES string of the molecule is CCOc1ccc(-c2cc(C(F)(F)F)n3ncc(-c4cccnc4)c3n2)cc1C(F)(F)F. The predicted octanol–water partition coefficient (Wildman–Crippen LogP) is 5.89. The summed E-state index contributed by atoms with van der Waals surface area (Å²) in [7, 11) is 0. The molecule has 0 amide bonds. The molecular formula is C21H14F6N4O. The van der Waals surface area contributed by atoms with Crippen LogP contribution in [-0.2, 0) is 12.4 Å². The summed E-state index contributed by atoms with van der Waals surface area (Å²) in [6, 6.07) is 6.91. The largest absolute Gasteiger partial charge is 0.493 e. The van der Waals surface area contributed by atoms with Crippen molar-refractivity contribution < 1.29 is 31.1 Å². The van der Waals surface area contributed by atoms with Crippen LogP contribution in [0.5, 0.6) is 5.75 Å². The second-order valence-corrected chi connectivity index (χ2v) is 6.70. The Balaban J connectivity index is 1.97. The summed E-state index contributed by atoms with van der Waals surface area (Å²) in [6.07, 6.45) is -5.47. The predicted molar refractivity (Wildman–Crippen MR) is 103 cm³/mol. The maximum atomic E-state index is 13.8. The first-order valence-corrected chi connectivity index (χ1v) is 9.30. The zero-order chi connectivity index (χ0) is 23.1. The molecule has 0 N–H and O–H groups in total. The number of alkyl halides is 6. The normalized spacial score (nSPS) is 12.3. The molecule has 0 saturated carbocycles. The third kappa shape index (κ3) is 3.97. The van der Waals surface area contributed by atoms with Crippen molar-refractivity contribution in [2.24, 2.45) is 0 Å². The van der Waals surface area contributed by atoms with Crippen LogP contribution in [0, 0.1) is 0 Å². The van der Waals surface area contributed by atoms with E-state index in [-0.39, 0.29) is 29.1 Å². The molecule has 4 rings (SSSR count). The third-order valence-corrected chi connectivity index (χ3v) is 4.62. The average Bonchev–Trinajstić information content (AvgIpc) is 3.16. The number of benzene rings is 1. The third-order valence-electron chi connectivity index (χ3n) is 4.62. The zero-order valence-corrected chi connectivity index (χ0v) is 16.4. The highest BCUT2D eigenvalue weighted by Crippen LogP contribution is 2.40. The smallest absolute Gasteiger partial charge is 0.433 e. The fourth-order valence-electron chi connectivity index (χ4n) is 3.23. The molecule has 3 heterocycles. The van der Waals surface area contributed by atoms with E-state index in [2.05, 4.69) is 15.1 Å². The topological polar surface area (TPSA) is 52.3 Å². The van der Waals surface area contributed by atoms with Gasteiger partial charge in [-0.15, -0.1) is 0 Å². The van der Waals surface area contributed by atoms with E-state index >= 15 is 0 Å². The number of nitrogens with zero attached hydrogens (tertiary/aromatic N) is 4. The first-order valence-electron chi connectivity index (χ1n) is 9.30. The first-order chi connectivity index (χ1) is 15.1. The maximum absolute atomic E-state index is 13.8. The summed E-state index contributed by atoms with van der Waals surface area (Å²) < 4.78 is 87.5. The summed E-state index contributed by atoms with van der Waals surface area (Å²) in [5.41, 5.74) is -2.15. The fourth-order valence-corrected chi connectivity index (χ4v) is 3.23. The highest BCUT2D eigenvalue weighted by Gasteiger charge is 2.37. The number of halogens is 6. The number of hydrogen-bond donors (Lipinski definition) is 0. The molecule has 0 saturated heterocycles. The van der Waals surface area contributed by atoms with E-state index in [1.54, 1.807) is 12.1 Å². The van der Waals surface area contributed by atoms with Crippen LogP contribution in [0.4, 0.5) is 26.3 Å². The van der Waals surface area contributed by atoms with Gasteiger partial charge in [0.25, 0.3) is 0 Å². The lowest BCUT2D eigenvalue weighted by molar-refractivity contribution is -0.142. The van der Waals surface area contributed by atoms with Crippen LogP contribution in [0.3, 0.4) is 0 Å². The van der Waals surface area contributed by atoms with Gasteiger partial charge in [-0.3, -0.25) is 4.98 Å². The standard InChI is InChI=1S/C21H14F6N4O/c1-2-32-17-6-5-12(8-15(17)20(22,23)24)16-9-18(21(25,26)27)31-19(30-16)14(11-29-31)13-4-3-7-28-10-13/h3-11H,2H2,1H3. The second kappa shape index (κ2) is 7.81. The molecule has 0 bridgehead atoms. The van der Waals surface area contributed by atoms with E-state index in [0.29, 0.717) is 16.1 Å². The van der Waals surface area contributed by atoms with Crippen molar-refractivity contribution >= 4 is 5.65 Å². The number of hydrogen-bond acceptors (Lipinski definition) is 4. The van der Waals surface area contributed by atoms with Gasteiger partial charge in [0.2, 0.25) is 0 Å². The van der Waals surface area contributed by atoms with Crippen LogP contribution in [0.1, 0.15) is 18.2 Å². The van der Waals surface area contributed by atoms with Crippen molar-refractivity contribution in [1.82, 2.24) is 19.6 Å². The Morgan fingerprint density at radius 2 is 1.72 bits per heavy atom. The van der Waals surface area contributed by atoms with E-state index in [0.717, 1.165) is 12.1 Å². The van der Waals surface area contributed by atoms with Gasteiger partial charge in [-0.2, -0.15) is 31.4 Å². The molecule has 32 heavy (non-hydrogen) atoms. The molecule has 0 unspecified atom stereocenters. The summed E-state index contributed by atoms with van der Waals surface area (Å²) in [6.45, 7) is 1.52. The minimum absolute atomic E-state index is 0.00481. The van der Waals surface area contributed by atoms with Gasteiger partial charge in [0.15, 0.2) is 11.3 Å². The summed E-state index contributed by atoms with van der Waals surface area (Å²) in [5, 5.41) is 3.80. The molecule has 0 radical (unpaired) electrons. The van der Waals surface area contributed by atoms with Gasteiger partial charge in [-0.1, -0.05) is 6.07 Å². The lowest BCUT2D eigenvalue weighted by Gasteiger charge is -2.16. The van der Waals surface area contributed by atoms with Crippen LogP contribution in [0.2, 0.25) is 0 Å². The summed E-state index contributed by atoms with van der Waals surface area (Å²) >= 11 is 0. The quantitative estimate of drug-likeness (QED) is 0.362. The van der Waals surface area contributed by atoms with Crippen molar-refractivity contribution in [1.29, 1.82) is 0 Å². The Morgan fingerprint density at radius 1 is 0.938 bits per heavy atom. The molecule has 0 spiro atoms. The number of fused-ring (bicyclic) bond motifs is 1. The van der Waals surface area contributed by atoms with E-state index in [1.165, 1.54) is 31.6 Å². The Morgan fingerprint density at radius 3 is 2.34 bits per heavy atom. The molecule has 0 aliphatic rings. The maximum Gasteiger partial charge on any atom is 0.433 e. The highest BCUT2D eigenvalue weighted by molar-refractivity contribution is 5.78. The Labute approximate surface area is 177 Å². The molecule has 0 aliphatic heterocycles. The number of pyridine rings is 1. The van der Waals surface area contributed by atoms with Gasteiger partial charge in [-0.25, -0.2) is 9.50 Å². The fraction of sp³-hybridized carbons (Fsp3) is 0.190. The van der Waals surface area contributed by atoms with Crippen molar-refractivity contribution in [3.05, 3.63) is 66.2 Å². The molecule has 3 aromatic heterocycles. The molecule has 4 aromatic rings. The zero-order valence-electron chi connectivity index (χ0n) is 16.4. The molecular weight excluding hydrogens is 438 g/mol. The van der Waals surface area contributed by atoms with Gasteiger partial charge in [0.05, 0.1) is 24.1 Å². The number of ether oxygens (including phenoxy) is 1. The second-order valence-electron chi connectivity index (χ2n) is 6.70. The van der Waals surface area contributed by atoms with Gasteiger partial charge in [0, 0.05) is 29.1 Å². The molecule has 0 atom stereocenters. The Hall–Kier alpha value is -3.63. The summed E-state index contributed by atoms with van der Waals surface area (Å²) in [4.78, 5) is 8.16. The van der Waals surface area contributed by atoms with Crippen molar-refractivity contribution in [2.45, 2.75) is 19.3 Å². The van der Waals surface area contributed by atoms with E-state index in [4.69, 9.17) is 4.74 Å². The molecule has 0 fully saturated rings. The number of aromatic nitrogens is 4. The molecule has 1 aromatic carbocycles. The molecule has 11 heteroatoms. The van der Waals surface area contributed by atoms with Gasteiger partial charge >= 0.3 is 12.4 Å². The lowest BCUT2D eigenvalue weighted by Crippen LogP contribution is -2.14. The first kappa shape index (κ1) is 21.6. The van der Waals surface area contributed by atoms with Crippen LogP contribution < -0.4 is 4.74 Å². The molecule has 166 valence electrons. The van der Waals surface area contributed by atoms with Crippen molar-refractivity contribution in [3.63, 3.8) is 0 Å². The summed E-state index contributed by atoms with van der Waals surface area (Å²) in [5.74, 6) is -0.415. The van der Waals surface area contributed by atoms with Gasteiger partial charge in [-0.05, 0) is 37.3 Å². The van der Waals surface area contributed by atoms with Crippen LogP contribution >= 0.6 is 0 Å². The van der Waals surface area contributed by atoms with Gasteiger partial charge < -0.3 is 4.74 Å². The monoisotopic (exact) mass is 452 g/mol. The van der Waals surface area contributed by atoms with E-state index < -0.39 is 29.4 Å². The van der Waals surface area contributed by atoms with E-state index in [1.807, 2.05) is 0 Å². The van der Waals surface area contributed by atoms with Crippen molar-refractivity contribution in [2.75, 3.05) is 6.61 Å². The van der Waals surface area contributed by atoms with E-state index in [9.17, 15) is 26.3 Å². The minimum atomic E-state index is -4.83. The molecule has 5 nitrogen and oxygen atoms in total. The Bertz CT molecular complexity index is 1270. The lowest BCUT2D eigenvalue weighted by atomic mass is 10.1. The van der Waals surface area contributed by atoms with Crippen molar-refractivity contribution in [3.8, 4) is 28.1 Å². The van der Waals surface area contributed by atoms with Crippen LogP contribution in [0.25, 0.3) is 28.0 Å². The molecule has 0 aliphatic carbocycles. The van der Waals surface area contributed by atoms with Crippen LogP contribution in [-0.4, -0.2) is 26.2 Å². The average molecular weight is 452 g/mol.